The van der Waals surface area contributed by atoms with Gasteiger partial charge in [-0.2, -0.15) is 0 Å². The van der Waals surface area contributed by atoms with Crippen LogP contribution in [0.2, 0.25) is 10.0 Å². The molecule has 10 heteroatoms. The van der Waals surface area contributed by atoms with E-state index in [4.69, 9.17) is 23.2 Å². The van der Waals surface area contributed by atoms with Crippen molar-refractivity contribution < 1.29 is 9.59 Å². The van der Waals surface area contributed by atoms with E-state index in [2.05, 4.69) is 20.8 Å². The summed E-state index contributed by atoms with van der Waals surface area (Å²) in [6.07, 6.45) is 1.43. The number of hydrogen-bond acceptors (Lipinski definition) is 5. The van der Waals surface area contributed by atoms with E-state index in [0.29, 0.717) is 27.0 Å². The first-order valence-electron chi connectivity index (χ1n) is 7.78. The molecule has 1 N–H and O–H groups in total. The van der Waals surface area contributed by atoms with Gasteiger partial charge in [-0.3, -0.25) is 9.59 Å². The van der Waals surface area contributed by atoms with Crippen LogP contribution in [0, 0.1) is 0 Å². The molecule has 0 fully saturated rings. The summed E-state index contributed by atoms with van der Waals surface area (Å²) < 4.78 is 1.44. The Hall–Kier alpha value is -2.97. The van der Waals surface area contributed by atoms with Gasteiger partial charge in [-0.25, -0.2) is 4.68 Å². The molecule has 2 amide bonds. The largest absolute Gasteiger partial charge is 0.332 e. The topological polar surface area (TPSA) is 93.0 Å². The molecule has 0 aliphatic carbocycles. The molecular formula is C17H14Cl2N6O2. The number of likely N-dealkylation sites (N-methyl/N-ethyl adjacent to an activating group) is 1. The van der Waals surface area contributed by atoms with Crippen molar-refractivity contribution in [3.05, 3.63) is 64.4 Å². The number of nitrogens with one attached hydrogen (secondary N) is 1. The number of carbonyl (C=O) groups excluding carboxylic acids is 2. The molecule has 0 radical (unpaired) electrons. The summed E-state index contributed by atoms with van der Waals surface area (Å²) in [5.41, 5.74) is 1.54. The number of nitrogens with zero attached hydrogens (tertiary/aromatic N) is 5. The summed E-state index contributed by atoms with van der Waals surface area (Å²) in [6, 6.07) is 11.5. The molecule has 3 rings (SSSR count). The van der Waals surface area contributed by atoms with E-state index in [9.17, 15) is 9.59 Å². The molecule has 8 nitrogen and oxygen atoms in total. The van der Waals surface area contributed by atoms with Crippen LogP contribution in [0.1, 0.15) is 10.4 Å². The normalized spacial score (nSPS) is 10.5. The van der Waals surface area contributed by atoms with Crippen molar-refractivity contribution in [1.82, 2.24) is 25.1 Å². The van der Waals surface area contributed by atoms with E-state index in [1.165, 1.54) is 15.9 Å². The van der Waals surface area contributed by atoms with Crippen molar-refractivity contribution >= 4 is 40.7 Å². The molecule has 0 atom stereocenters. The van der Waals surface area contributed by atoms with Crippen LogP contribution in [-0.4, -0.2) is 50.5 Å². The standard InChI is InChI=1S/C17H14Cl2N6O2/c1-24(9-16(26)21-12-5-6-14(18)15(19)8-12)17(27)11-3-2-4-13(7-11)25-10-20-22-23-25/h2-8,10H,9H2,1H3,(H,21,26). The number of benzene rings is 2. The third-order valence-electron chi connectivity index (χ3n) is 3.64. The van der Waals surface area contributed by atoms with Crippen LogP contribution in [0.25, 0.3) is 5.69 Å². The SMILES string of the molecule is CN(CC(=O)Nc1ccc(Cl)c(Cl)c1)C(=O)c1cccc(-n2cnnn2)c1. The first kappa shape index (κ1) is 18.8. The zero-order valence-electron chi connectivity index (χ0n) is 14.1. The second-order valence-corrected chi connectivity index (χ2v) is 6.46. The zero-order chi connectivity index (χ0) is 19.4. The minimum absolute atomic E-state index is 0.131. The molecule has 0 unspecified atom stereocenters. The Bertz CT molecular complexity index is 977. The smallest absolute Gasteiger partial charge is 0.254 e. The monoisotopic (exact) mass is 404 g/mol. The number of carbonyl (C=O) groups is 2. The van der Waals surface area contributed by atoms with Gasteiger partial charge in [0, 0.05) is 18.3 Å². The van der Waals surface area contributed by atoms with Gasteiger partial charge in [-0.15, -0.1) is 5.10 Å². The number of rotatable bonds is 5. The van der Waals surface area contributed by atoms with Gasteiger partial charge in [-0.05, 0) is 46.8 Å². The molecule has 138 valence electrons. The molecule has 3 aromatic rings. The van der Waals surface area contributed by atoms with Gasteiger partial charge < -0.3 is 10.2 Å². The van der Waals surface area contributed by atoms with Gasteiger partial charge in [0.15, 0.2) is 0 Å². The number of aromatic nitrogens is 4. The van der Waals surface area contributed by atoms with Gasteiger partial charge in [0.1, 0.15) is 6.33 Å². The van der Waals surface area contributed by atoms with Crippen LogP contribution < -0.4 is 5.32 Å². The Morgan fingerprint density at radius 2 is 1.96 bits per heavy atom. The third-order valence-corrected chi connectivity index (χ3v) is 4.38. The first-order valence-corrected chi connectivity index (χ1v) is 8.53. The average Bonchev–Trinajstić information content (AvgIpc) is 3.19. The molecule has 0 aliphatic heterocycles. The lowest BCUT2D eigenvalue weighted by atomic mass is 10.2. The Labute approximate surface area is 164 Å². The quantitative estimate of drug-likeness (QED) is 0.705. The maximum Gasteiger partial charge on any atom is 0.254 e. The Balaban J connectivity index is 1.66. The Morgan fingerprint density at radius 3 is 2.67 bits per heavy atom. The fourth-order valence-corrected chi connectivity index (χ4v) is 2.64. The molecule has 0 spiro atoms. The number of amides is 2. The van der Waals surface area contributed by atoms with Crippen LogP contribution in [0.4, 0.5) is 5.69 Å². The highest BCUT2D eigenvalue weighted by Gasteiger charge is 2.16. The summed E-state index contributed by atoms with van der Waals surface area (Å²) in [4.78, 5) is 26.1. The summed E-state index contributed by atoms with van der Waals surface area (Å²) in [6.45, 7) is -0.131. The highest BCUT2D eigenvalue weighted by atomic mass is 35.5. The summed E-state index contributed by atoms with van der Waals surface area (Å²) in [5.74, 6) is -0.671. The number of hydrogen-bond donors (Lipinski definition) is 1. The first-order chi connectivity index (χ1) is 12.9. The summed E-state index contributed by atoms with van der Waals surface area (Å²) >= 11 is 11.8. The summed E-state index contributed by atoms with van der Waals surface area (Å²) in [5, 5.41) is 14.3. The fraction of sp³-hybridized carbons (Fsp3) is 0.118. The van der Waals surface area contributed by atoms with Gasteiger partial charge in [0.2, 0.25) is 5.91 Å². The number of halogens is 2. The van der Waals surface area contributed by atoms with Crippen LogP contribution >= 0.6 is 23.2 Å². The van der Waals surface area contributed by atoms with E-state index >= 15 is 0 Å². The molecule has 0 bridgehead atoms. The molecule has 0 aliphatic rings. The second kappa shape index (κ2) is 8.15. The fourth-order valence-electron chi connectivity index (χ4n) is 2.34. The minimum Gasteiger partial charge on any atom is -0.332 e. The average molecular weight is 405 g/mol. The van der Waals surface area contributed by atoms with E-state index in [-0.39, 0.29) is 18.4 Å². The van der Waals surface area contributed by atoms with Crippen LogP contribution in [-0.2, 0) is 4.79 Å². The lowest BCUT2D eigenvalue weighted by molar-refractivity contribution is -0.116. The highest BCUT2D eigenvalue weighted by Crippen LogP contribution is 2.25. The summed E-state index contributed by atoms with van der Waals surface area (Å²) in [7, 11) is 1.54. The second-order valence-electron chi connectivity index (χ2n) is 5.64. The predicted octanol–water partition coefficient (Wildman–Crippen LogP) is 2.68. The van der Waals surface area contributed by atoms with Crippen molar-refractivity contribution in [2.24, 2.45) is 0 Å². The van der Waals surface area contributed by atoms with E-state index in [1.54, 1.807) is 49.5 Å². The van der Waals surface area contributed by atoms with E-state index in [1.807, 2.05) is 0 Å². The molecular weight excluding hydrogens is 391 g/mol. The molecule has 2 aromatic carbocycles. The molecule has 27 heavy (non-hydrogen) atoms. The van der Waals surface area contributed by atoms with Crippen molar-refractivity contribution in [2.45, 2.75) is 0 Å². The van der Waals surface area contributed by atoms with Crippen LogP contribution in [0.5, 0.6) is 0 Å². The predicted molar refractivity (Wildman–Crippen MR) is 101 cm³/mol. The lowest BCUT2D eigenvalue weighted by Gasteiger charge is -2.17. The lowest BCUT2D eigenvalue weighted by Crippen LogP contribution is -2.35. The molecule has 1 aromatic heterocycles. The van der Waals surface area contributed by atoms with Gasteiger partial charge >= 0.3 is 0 Å². The van der Waals surface area contributed by atoms with Gasteiger partial charge in [0.05, 0.1) is 22.3 Å². The number of anilines is 1. The highest BCUT2D eigenvalue weighted by molar-refractivity contribution is 6.42. The molecule has 1 heterocycles. The number of tetrazole rings is 1. The minimum atomic E-state index is -0.360. The maximum atomic E-state index is 12.6. The maximum absolute atomic E-state index is 12.6. The van der Waals surface area contributed by atoms with Crippen LogP contribution in [0.3, 0.4) is 0 Å². The van der Waals surface area contributed by atoms with Crippen molar-refractivity contribution in [2.75, 3.05) is 18.9 Å². The van der Waals surface area contributed by atoms with Gasteiger partial charge in [-0.1, -0.05) is 29.3 Å². The van der Waals surface area contributed by atoms with E-state index < -0.39 is 0 Å². The van der Waals surface area contributed by atoms with Gasteiger partial charge in [0.25, 0.3) is 5.91 Å². The van der Waals surface area contributed by atoms with Crippen molar-refractivity contribution in [3.8, 4) is 5.69 Å². The van der Waals surface area contributed by atoms with E-state index in [0.717, 1.165) is 0 Å². The molecule has 0 saturated carbocycles. The van der Waals surface area contributed by atoms with Crippen molar-refractivity contribution in [3.63, 3.8) is 0 Å². The zero-order valence-corrected chi connectivity index (χ0v) is 15.6. The van der Waals surface area contributed by atoms with Crippen molar-refractivity contribution in [1.29, 1.82) is 0 Å². The Morgan fingerprint density at radius 1 is 1.15 bits per heavy atom. The molecule has 0 saturated heterocycles. The Kier molecular flexibility index (Phi) is 5.68. The van der Waals surface area contributed by atoms with Crippen LogP contribution in [0.15, 0.2) is 48.8 Å². The third kappa shape index (κ3) is 4.60.